The Balaban J connectivity index is 0.00000113. The summed E-state index contributed by atoms with van der Waals surface area (Å²) < 4.78 is 5.67. The fraction of sp³-hybridized carbons (Fsp3) is 0.667. The Morgan fingerprint density at radius 2 is 2.22 bits per heavy atom. The molecule has 5 nitrogen and oxygen atoms in total. The highest BCUT2D eigenvalue weighted by molar-refractivity contribution is 5.74. The van der Waals surface area contributed by atoms with Crippen molar-refractivity contribution < 1.29 is 12.4 Å². The maximum absolute atomic E-state index is 12.0. The lowest BCUT2D eigenvalue weighted by Crippen LogP contribution is -2.55. The molecule has 3 aliphatic rings. The van der Waals surface area contributed by atoms with Gasteiger partial charge in [-0.3, -0.25) is 0 Å². The normalized spacial score (nSPS) is 22.1. The molecule has 0 aliphatic heterocycles. The maximum atomic E-state index is 12.0. The predicted octanol–water partition coefficient (Wildman–Crippen LogP) is 3.49. The average molecular weight is 319 g/mol. The first-order valence-electron chi connectivity index (χ1n) is 8.83. The van der Waals surface area contributed by atoms with Gasteiger partial charge in [-0.1, -0.05) is 6.42 Å². The highest BCUT2D eigenvalue weighted by Crippen LogP contribution is 2.55. The van der Waals surface area contributed by atoms with Gasteiger partial charge in [0.25, 0.3) is 0 Å². The third-order valence-corrected chi connectivity index (χ3v) is 5.52. The minimum Gasteiger partial charge on any atom is -0.477 e. The smallest absolute Gasteiger partial charge is 0.315 e. The molecular formula is C18H29N3O2. The summed E-state index contributed by atoms with van der Waals surface area (Å²) in [5.41, 5.74) is 1.61. The molecule has 0 radical (unpaired) electrons. The quantitative estimate of drug-likeness (QED) is 0.843. The van der Waals surface area contributed by atoms with Crippen LogP contribution in [0, 0.1) is 11.3 Å². The molecule has 0 saturated heterocycles. The van der Waals surface area contributed by atoms with E-state index in [1.807, 2.05) is 12.1 Å². The van der Waals surface area contributed by atoms with E-state index in [0.717, 1.165) is 25.0 Å². The molecule has 2 N–H and O–H groups in total. The minimum atomic E-state index is -0.0681. The van der Waals surface area contributed by atoms with Crippen LogP contribution < -0.4 is 15.4 Å². The molecule has 4 rings (SSSR count). The van der Waals surface area contributed by atoms with Crippen LogP contribution in [0.3, 0.4) is 0 Å². The van der Waals surface area contributed by atoms with Gasteiger partial charge in [0.1, 0.15) is 0 Å². The van der Waals surface area contributed by atoms with Crippen molar-refractivity contribution in [3.8, 4) is 5.88 Å². The van der Waals surface area contributed by atoms with Gasteiger partial charge >= 0.3 is 6.03 Å². The van der Waals surface area contributed by atoms with Gasteiger partial charge in [-0.25, -0.2) is 9.78 Å². The summed E-state index contributed by atoms with van der Waals surface area (Å²) in [6, 6.07) is 4.12. The Labute approximate surface area is 140 Å². The summed E-state index contributed by atoms with van der Waals surface area (Å²) in [5, 5.41) is 6.01. The molecule has 0 aromatic carbocycles. The molecule has 0 unspecified atom stereocenters. The van der Waals surface area contributed by atoms with E-state index < -0.39 is 0 Å². The Kier molecular flexibility index (Phi) is 3.87. The Hall–Kier alpha value is -1.78. The van der Waals surface area contributed by atoms with Crippen molar-refractivity contribution in [1.29, 1.82) is 0 Å². The number of urea groups is 1. The molecule has 23 heavy (non-hydrogen) atoms. The van der Waals surface area contributed by atoms with E-state index in [-0.39, 0.29) is 8.88 Å². The molecular weight excluding hydrogens is 290 g/mol. The van der Waals surface area contributed by atoms with Gasteiger partial charge in [0.2, 0.25) is 5.88 Å². The van der Waals surface area contributed by atoms with Crippen molar-refractivity contribution >= 4 is 6.03 Å². The SMILES string of the molecule is O=C(NCc1ccnc(OCC2CC2)c1)NC1CC2(CCC2)C1.[HH].[HH]. The zero-order valence-corrected chi connectivity index (χ0v) is 13.5. The molecule has 3 fully saturated rings. The number of hydrogen-bond acceptors (Lipinski definition) is 3. The molecule has 5 heteroatoms. The van der Waals surface area contributed by atoms with Crippen LogP contribution in [0.15, 0.2) is 18.3 Å². The lowest BCUT2D eigenvalue weighted by Gasteiger charge is -2.54. The molecule has 1 heterocycles. The molecule has 3 aliphatic carbocycles. The second kappa shape index (κ2) is 6.02. The first-order chi connectivity index (χ1) is 11.2. The van der Waals surface area contributed by atoms with E-state index in [4.69, 9.17) is 4.74 Å². The van der Waals surface area contributed by atoms with Gasteiger partial charge < -0.3 is 15.4 Å². The Bertz CT molecular complexity index is 583. The number of hydrogen-bond donors (Lipinski definition) is 2. The fourth-order valence-electron chi connectivity index (χ4n) is 3.72. The fourth-order valence-corrected chi connectivity index (χ4v) is 3.72. The number of amides is 2. The van der Waals surface area contributed by atoms with Crippen LogP contribution in [0.4, 0.5) is 4.79 Å². The summed E-state index contributed by atoms with van der Waals surface area (Å²) in [7, 11) is 0. The summed E-state index contributed by atoms with van der Waals surface area (Å²) in [5.74, 6) is 1.37. The molecule has 1 aromatic heterocycles. The van der Waals surface area contributed by atoms with Crippen molar-refractivity contribution in [2.24, 2.45) is 11.3 Å². The number of carbonyl (C=O) groups excluding carboxylic acids is 1. The largest absolute Gasteiger partial charge is 0.477 e. The van der Waals surface area contributed by atoms with Gasteiger partial charge in [-0.15, -0.1) is 0 Å². The van der Waals surface area contributed by atoms with Crippen molar-refractivity contribution in [2.75, 3.05) is 6.61 Å². The van der Waals surface area contributed by atoms with E-state index in [1.165, 1.54) is 32.1 Å². The number of pyridine rings is 1. The second-order valence-electron chi connectivity index (χ2n) is 7.54. The molecule has 1 spiro atoms. The molecule has 1 aromatic rings. The Morgan fingerprint density at radius 1 is 1.39 bits per heavy atom. The zero-order chi connectivity index (χ0) is 15.7. The van der Waals surface area contributed by atoms with Crippen molar-refractivity contribution in [3.05, 3.63) is 23.9 Å². The lowest BCUT2D eigenvalue weighted by atomic mass is 9.54. The number of nitrogens with zero attached hydrogens (tertiary/aromatic N) is 1. The third-order valence-electron chi connectivity index (χ3n) is 5.52. The van der Waals surface area contributed by atoms with Crippen LogP contribution >= 0.6 is 0 Å². The van der Waals surface area contributed by atoms with Crippen LogP contribution in [0.2, 0.25) is 0 Å². The van der Waals surface area contributed by atoms with Crippen LogP contribution in [-0.4, -0.2) is 23.7 Å². The highest BCUT2D eigenvalue weighted by Gasteiger charge is 2.48. The van der Waals surface area contributed by atoms with Gasteiger partial charge in [-0.2, -0.15) is 0 Å². The topological polar surface area (TPSA) is 63.2 Å². The van der Waals surface area contributed by atoms with Crippen LogP contribution in [0.1, 0.15) is 53.4 Å². The number of ether oxygens (including phenoxy) is 1. The molecule has 2 amide bonds. The van der Waals surface area contributed by atoms with Crippen molar-refractivity contribution in [2.45, 2.75) is 57.5 Å². The molecule has 128 valence electrons. The first kappa shape index (κ1) is 14.8. The van der Waals surface area contributed by atoms with Crippen LogP contribution in [-0.2, 0) is 6.54 Å². The van der Waals surface area contributed by atoms with Gasteiger partial charge in [0.05, 0.1) is 6.61 Å². The number of aromatic nitrogens is 1. The van der Waals surface area contributed by atoms with Gasteiger partial charge in [0, 0.05) is 27.7 Å². The van der Waals surface area contributed by atoms with E-state index in [2.05, 4.69) is 15.6 Å². The van der Waals surface area contributed by atoms with Crippen LogP contribution in [0.25, 0.3) is 0 Å². The monoisotopic (exact) mass is 319 g/mol. The van der Waals surface area contributed by atoms with E-state index in [9.17, 15) is 4.79 Å². The number of carbonyl (C=O) groups is 1. The van der Waals surface area contributed by atoms with E-state index in [1.54, 1.807) is 6.20 Å². The van der Waals surface area contributed by atoms with Crippen molar-refractivity contribution in [3.63, 3.8) is 0 Å². The standard InChI is InChI=1S/C18H25N3O2.2H2/c22-17(21-15-9-18(10-15)5-1-6-18)20-11-14-4-7-19-16(8-14)23-12-13-2-3-13;;/h4,7-8,13,15H,1-3,5-6,9-12H2,(H2,20,21,22);2*1H. The highest BCUT2D eigenvalue weighted by atomic mass is 16.5. The summed E-state index contributed by atoms with van der Waals surface area (Å²) in [6.07, 6.45) is 10.7. The lowest BCUT2D eigenvalue weighted by molar-refractivity contribution is 0.00225. The number of rotatable bonds is 6. The number of nitrogens with one attached hydrogen (secondary N) is 2. The first-order valence-corrected chi connectivity index (χ1v) is 8.83. The third kappa shape index (κ3) is 3.59. The molecule has 0 atom stereocenters. The summed E-state index contributed by atoms with van der Waals surface area (Å²) >= 11 is 0. The van der Waals surface area contributed by atoms with E-state index >= 15 is 0 Å². The van der Waals surface area contributed by atoms with Gasteiger partial charge in [0.15, 0.2) is 0 Å². The maximum Gasteiger partial charge on any atom is 0.315 e. The van der Waals surface area contributed by atoms with E-state index in [0.29, 0.717) is 29.8 Å². The van der Waals surface area contributed by atoms with Crippen molar-refractivity contribution in [1.82, 2.24) is 15.6 Å². The minimum absolute atomic E-state index is 0. The van der Waals surface area contributed by atoms with Gasteiger partial charge in [-0.05, 0) is 61.5 Å². The predicted molar refractivity (Wildman–Crippen MR) is 91.4 cm³/mol. The zero-order valence-electron chi connectivity index (χ0n) is 13.5. The summed E-state index contributed by atoms with van der Waals surface area (Å²) in [4.78, 5) is 16.2. The summed E-state index contributed by atoms with van der Waals surface area (Å²) in [6.45, 7) is 1.26. The molecule has 0 bridgehead atoms. The second-order valence-corrected chi connectivity index (χ2v) is 7.54. The Morgan fingerprint density at radius 3 is 2.91 bits per heavy atom. The average Bonchev–Trinajstić information content (AvgIpc) is 3.29. The van der Waals surface area contributed by atoms with Crippen LogP contribution in [0.5, 0.6) is 5.88 Å². The molecule has 3 saturated carbocycles.